The minimum atomic E-state index is -0.644. The third-order valence-electron chi connectivity index (χ3n) is 9.00. The van der Waals surface area contributed by atoms with E-state index < -0.39 is 22.9 Å². The summed E-state index contributed by atoms with van der Waals surface area (Å²) in [5.41, 5.74) is 21.4. The van der Waals surface area contributed by atoms with Gasteiger partial charge in [-0.05, 0) is 25.7 Å². The van der Waals surface area contributed by atoms with Crippen LogP contribution in [-0.2, 0) is 9.59 Å². The van der Waals surface area contributed by atoms with Gasteiger partial charge in [0.1, 0.15) is 6.42 Å². The Balaban J connectivity index is 0.926. The zero-order chi connectivity index (χ0) is 35.1. The lowest BCUT2D eigenvalue weighted by molar-refractivity contribution is -0.142. The van der Waals surface area contributed by atoms with Crippen LogP contribution in [0, 0.1) is 0 Å². The fraction of sp³-hybridized carbons (Fsp3) is 0.481. The standard InChI is InChI=1S/C27H34Cl2N16O4/c28-16-20(32)38-18(30)14(36-16)22(48)40-24-34-10-26(42-24)1-5-44(6-2-26)12(46)9-13(47)45-7-3-27(4-8-45)11-35-25(43-27)41-23(49)15-19(31)39-21(33)17(29)37-15/h1-11H2,(H4,30,32,38)(H4,31,33,39)(H2,34,40,42,48)(H2,35,41,43,49). The van der Waals surface area contributed by atoms with Gasteiger partial charge in [0.15, 0.2) is 56.9 Å². The number of halogens is 2. The number of amides is 4. The molecule has 0 radical (unpaired) electrons. The van der Waals surface area contributed by atoms with Crippen molar-refractivity contribution in [1.82, 2.24) is 51.0 Å². The number of likely N-dealkylation sites (tertiary alicyclic amines) is 2. The van der Waals surface area contributed by atoms with Gasteiger partial charge in [-0.2, -0.15) is 0 Å². The molecule has 2 fully saturated rings. The molecule has 2 aromatic rings. The number of guanidine groups is 2. The molecule has 4 aliphatic rings. The molecule has 22 heteroatoms. The fourth-order valence-electron chi connectivity index (χ4n) is 6.10. The maximum atomic E-state index is 13.1. The summed E-state index contributed by atoms with van der Waals surface area (Å²) in [4.78, 5) is 79.2. The Morgan fingerprint density at radius 1 is 0.633 bits per heavy atom. The van der Waals surface area contributed by atoms with Crippen molar-refractivity contribution < 1.29 is 19.2 Å². The molecule has 2 spiro atoms. The van der Waals surface area contributed by atoms with Crippen molar-refractivity contribution in [2.24, 2.45) is 9.98 Å². The van der Waals surface area contributed by atoms with Crippen LogP contribution in [0.5, 0.6) is 0 Å². The number of nitrogens with two attached hydrogens (primary N) is 4. The number of aromatic nitrogens is 4. The molecule has 260 valence electrons. The molecule has 0 atom stereocenters. The van der Waals surface area contributed by atoms with Crippen LogP contribution >= 0.6 is 23.2 Å². The van der Waals surface area contributed by atoms with E-state index in [4.69, 9.17) is 46.1 Å². The molecule has 4 amide bonds. The Labute approximate surface area is 288 Å². The molecule has 49 heavy (non-hydrogen) atoms. The van der Waals surface area contributed by atoms with Crippen molar-refractivity contribution >= 4 is 82.0 Å². The third kappa shape index (κ3) is 7.00. The molecular weight excluding hydrogens is 683 g/mol. The molecule has 0 bridgehead atoms. The molecule has 6 rings (SSSR count). The molecule has 20 nitrogen and oxygen atoms in total. The van der Waals surface area contributed by atoms with Crippen LogP contribution in [0.1, 0.15) is 53.1 Å². The lowest BCUT2D eigenvalue weighted by Crippen LogP contribution is -2.58. The Kier molecular flexibility index (Phi) is 8.92. The van der Waals surface area contributed by atoms with Gasteiger partial charge in [-0.15, -0.1) is 0 Å². The summed E-state index contributed by atoms with van der Waals surface area (Å²) in [6.45, 7) is 2.45. The van der Waals surface area contributed by atoms with E-state index in [2.05, 4.69) is 51.2 Å². The van der Waals surface area contributed by atoms with E-state index in [9.17, 15) is 19.2 Å². The molecule has 4 aliphatic heterocycles. The maximum Gasteiger partial charge on any atom is 0.280 e. The third-order valence-corrected chi connectivity index (χ3v) is 9.56. The van der Waals surface area contributed by atoms with E-state index in [1.807, 2.05) is 0 Å². The molecule has 2 aromatic heterocycles. The normalized spacial score (nSPS) is 19.1. The molecule has 0 unspecified atom stereocenters. The van der Waals surface area contributed by atoms with Crippen molar-refractivity contribution in [2.75, 3.05) is 62.2 Å². The van der Waals surface area contributed by atoms with E-state index in [1.54, 1.807) is 9.80 Å². The first-order valence-electron chi connectivity index (χ1n) is 15.3. The highest BCUT2D eigenvalue weighted by Crippen LogP contribution is 2.28. The number of rotatable bonds is 4. The molecule has 12 N–H and O–H groups in total. The first kappa shape index (κ1) is 33.7. The monoisotopic (exact) mass is 716 g/mol. The van der Waals surface area contributed by atoms with Crippen LogP contribution < -0.4 is 44.2 Å². The highest BCUT2D eigenvalue weighted by molar-refractivity contribution is 6.32. The lowest BCUT2D eigenvalue weighted by atomic mass is 9.88. The Hall–Kier alpha value is -5.24. The van der Waals surface area contributed by atoms with Crippen molar-refractivity contribution in [3.05, 3.63) is 21.7 Å². The van der Waals surface area contributed by atoms with Crippen LogP contribution in [0.15, 0.2) is 9.98 Å². The Morgan fingerprint density at radius 2 is 1.00 bits per heavy atom. The second-order valence-electron chi connectivity index (χ2n) is 12.3. The number of hydrogen-bond acceptors (Lipinski definition) is 16. The zero-order valence-corrected chi connectivity index (χ0v) is 27.6. The van der Waals surface area contributed by atoms with Gasteiger partial charge in [0.05, 0.1) is 24.2 Å². The largest absolute Gasteiger partial charge is 0.382 e. The number of nitrogen functional groups attached to an aromatic ring is 4. The fourth-order valence-corrected chi connectivity index (χ4v) is 6.35. The second-order valence-corrected chi connectivity index (χ2v) is 13.0. The first-order chi connectivity index (χ1) is 23.3. The molecule has 0 saturated carbocycles. The number of piperidine rings is 2. The van der Waals surface area contributed by atoms with Crippen molar-refractivity contribution in [3.8, 4) is 0 Å². The van der Waals surface area contributed by atoms with E-state index in [0.29, 0.717) is 65.0 Å². The average molecular weight is 718 g/mol. The number of carbonyl (C=O) groups is 4. The van der Waals surface area contributed by atoms with Gasteiger partial charge in [0, 0.05) is 26.2 Å². The van der Waals surface area contributed by atoms with Gasteiger partial charge < -0.3 is 43.4 Å². The summed E-state index contributed by atoms with van der Waals surface area (Å²) in [5, 5.41) is 11.5. The van der Waals surface area contributed by atoms with Crippen LogP contribution in [-0.4, -0.2) is 116 Å². The summed E-state index contributed by atoms with van der Waals surface area (Å²) in [6.07, 6.45) is 2.01. The topological polar surface area (TPSA) is 303 Å². The van der Waals surface area contributed by atoms with Crippen LogP contribution in [0.3, 0.4) is 0 Å². The van der Waals surface area contributed by atoms with Gasteiger partial charge >= 0.3 is 0 Å². The lowest BCUT2D eigenvalue weighted by Gasteiger charge is -2.40. The number of aliphatic imine (C=N–C) groups is 2. The van der Waals surface area contributed by atoms with Gasteiger partial charge in [-0.25, -0.2) is 19.9 Å². The predicted molar refractivity (Wildman–Crippen MR) is 179 cm³/mol. The zero-order valence-electron chi connectivity index (χ0n) is 26.1. The Bertz CT molecular complexity index is 1660. The van der Waals surface area contributed by atoms with Gasteiger partial charge in [0.25, 0.3) is 11.8 Å². The van der Waals surface area contributed by atoms with E-state index in [-0.39, 0.29) is 75.1 Å². The van der Waals surface area contributed by atoms with E-state index in [0.717, 1.165) is 0 Å². The summed E-state index contributed by atoms with van der Waals surface area (Å²) in [6, 6.07) is 0. The molecule has 2 saturated heterocycles. The summed E-state index contributed by atoms with van der Waals surface area (Å²) in [7, 11) is 0. The van der Waals surface area contributed by atoms with Gasteiger partial charge in [0.2, 0.25) is 11.8 Å². The number of carbonyl (C=O) groups excluding carboxylic acids is 4. The first-order valence-corrected chi connectivity index (χ1v) is 16.0. The smallest absolute Gasteiger partial charge is 0.280 e. The van der Waals surface area contributed by atoms with Gasteiger partial charge in [-0.3, -0.25) is 39.8 Å². The quantitative estimate of drug-likeness (QED) is 0.160. The van der Waals surface area contributed by atoms with Crippen molar-refractivity contribution in [1.29, 1.82) is 0 Å². The van der Waals surface area contributed by atoms with Crippen LogP contribution in [0.25, 0.3) is 0 Å². The van der Waals surface area contributed by atoms with Gasteiger partial charge in [-0.1, -0.05) is 23.2 Å². The SMILES string of the molecule is Nc1nc(N)c(C(=O)NC2=NCC3(CCN(C(=O)CC(=O)N4CCC5(CC4)CN=C(NC(=O)c4nc(Cl)c(N)nc4N)N5)CC3)N2)nc1Cl. The Morgan fingerprint density at radius 3 is 1.37 bits per heavy atom. The van der Waals surface area contributed by atoms with E-state index >= 15 is 0 Å². The highest BCUT2D eigenvalue weighted by atomic mass is 35.5. The number of hydrogen-bond donors (Lipinski definition) is 8. The predicted octanol–water partition coefficient (Wildman–Crippen LogP) is -1.91. The molecule has 0 aliphatic carbocycles. The summed E-state index contributed by atoms with van der Waals surface area (Å²) >= 11 is 11.8. The van der Waals surface area contributed by atoms with Crippen molar-refractivity contribution in [3.63, 3.8) is 0 Å². The van der Waals surface area contributed by atoms with Crippen LogP contribution in [0.4, 0.5) is 23.3 Å². The van der Waals surface area contributed by atoms with E-state index in [1.165, 1.54) is 0 Å². The number of nitrogens with zero attached hydrogens (tertiary/aromatic N) is 8. The molecular formula is C27H34Cl2N16O4. The van der Waals surface area contributed by atoms with Crippen molar-refractivity contribution in [2.45, 2.75) is 43.2 Å². The highest BCUT2D eigenvalue weighted by Gasteiger charge is 2.42. The average Bonchev–Trinajstić information content (AvgIpc) is 3.64. The minimum absolute atomic E-state index is 0.0845. The minimum Gasteiger partial charge on any atom is -0.382 e. The number of nitrogens with one attached hydrogen (secondary N) is 4. The molecule has 0 aromatic carbocycles. The summed E-state index contributed by atoms with van der Waals surface area (Å²) in [5.74, 6) is -1.79. The molecule has 6 heterocycles. The second kappa shape index (κ2) is 13.0. The summed E-state index contributed by atoms with van der Waals surface area (Å²) < 4.78 is 0. The van der Waals surface area contributed by atoms with Crippen LogP contribution in [0.2, 0.25) is 10.3 Å². The maximum absolute atomic E-state index is 13.1. The number of anilines is 4.